The van der Waals surface area contributed by atoms with Gasteiger partial charge in [-0.15, -0.1) is 0 Å². The number of nitrogens with one attached hydrogen (secondary N) is 1. The van der Waals surface area contributed by atoms with Crippen molar-refractivity contribution in [3.05, 3.63) is 54.3 Å². The van der Waals surface area contributed by atoms with Gasteiger partial charge in [-0.1, -0.05) is 18.2 Å². The fourth-order valence-corrected chi connectivity index (χ4v) is 4.43. The van der Waals surface area contributed by atoms with Gasteiger partial charge >= 0.3 is 6.09 Å². The third-order valence-corrected chi connectivity index (χ3v) is 6.24. The van der Waals surface area contributed by atoms with Crippen molar-refractivity contribution in [3.8, 4) is 11.5 Å². The Labute approximate surface area is 169 Å². The van der Waals surface area contributed by atoms with Crippen LogP contribution in [0.15, 0.2) is 53.4 Å². The monoisotopic (exact) mass is 422 g/mol. The second-order valence-corrected chi connectivity index (χ2v) is 8.49. The Kier molecular flexibility index (Phi) is 6.71. The molecule has 1 amide bonds. The summed E-state index contributed by atoms with van der Waals surface area (Å²) in [5.41, 5.74) is 0. The molecular weight excluding hydrogens is 399 g/mol. The first kappa shape index (κ1) is 21.1. The summed E-state index contributed by atoms with van der Waals surface area (Å²) < 4.78 is 51.4. The van der Waals surface area contributed by atoms with E-state index in [4.69, 9.17) is 9.47 Å². The second-order valence-electron chi connectivity index (χ2n) is 6.76. The number of nitrogens with zero attached hydrogens (tertiary/aromatic N) is 1. The van der Waals surface area contributed by atoms with Crippen LogP contribution in [0.5, 0.6) is 11.5 Å². The number of likely N-dealkylation sites (tertiary alicyclic amines) is 1. The van der Waals surface area contributed by atoms with E-state index in [2.05, 4.69) is 4.72 Å². The smallest absolute Gasteiger partial charge is 0.415 e. The minimum Gasteiger partial charge on any atom is -0.495 e. The van der Waals surface area contributed by atoms with E-state index < -0.39 is 21.9 Å². The third-order valence-electron chi connectivity index (χ3n) is 4.80. The zero-order chi connectivity index (χ0) is 20.9. The van der Waals surface area contributed by atoms with E-state index in [-0.39, 0.29) is 23.1 Å². The summed E-state index contributed by atoms with van der Waals surface area (Å²) in [6.07, 6.45) is 0.846. The molecule has 2 aromatic carbocycles. The van der Waals surface area contributed by atoms with Crippen molar-refractivity contribution >= 4 is 16.1 Å². The molecule has 1 aliphatic heterocycles. The summed E-state index contributed by atoms with van der Waals surface area (Å²) in [6, 6.07) is 12.2. The number of methoxy groups -OCH3 is 1. The SMILES string of the molecule is COc1ccc(F)cc1S(=O)(=O)NCC1CCN(C(=O)Oc2ccccc2)CC1. The Morgan fingerprint density at radius 2 is 1.86 bits per heavy atom. The first-order valence-corrected chi connectivity index (χ1v) is 10.7. The van der Waals surface area contributed by atoms with Gasteiger partial charge in [0.2, 0.25) is 10.0 Å². The molecule has 1 N–H and O–H groups in total. The molecule has 1 heterocycles. The van der Waals surface area contributed by atoms with Crippen molar-refractivity contribution in [1.29, 1.82) is 0 Å². The Hall–Kier alpha value is -2.65. The fourth-order valence-electron chi connectivity index (χ4n) is 3.14. The number of sulfonamides is 1. The summed E-state index contributed by atoms with van der Waals surface area (Å²) in [6.45, 7) is 1.15. The van der Waals surface area contributed by atoms with Gasteiger partial charge in [-0.3, -0.25) is 0 Å². The van der Waals surface area contributed by atoms with Gasteiger partial charge in [0.1, 0.15) is 22.2 Å². The van der Waals surface area contributed by atoms with Crippen LogP contribution in [0.4, 0.5) is 9.18 Å². The highest BCUT2D eigenvalue weighted by atomic mass is 32.2. The number of piperidine rings is 1. The quantitative estimate of drug-likeness (QED) is 0.774. The van der Waals surface area contributed by atoms with Gasteiger partial charge in [0.15, 0.2) is 0 Å². The Bertz CT molecular complexity index is 945. The molecule has 1 saturated heterocycles. The first-order chi connectivity index (χ1) is 13.9. The van der Waals surface area contributed by atoms with Crippen LogP contribution in [0.3, 0.4) is 0 Å². The minimum atomic E-state index is -3.92. The number of rotatable bonds is 6. The van der Waals surface area contributed by atoms with Crippen LogP contribution >= 0.6 is 0 Å². The second kappa shape index (κ2) is 9.23. The van der Waals surface area contributed by atoms with Crippen molar-refractivity contribution < 1.29 is 27.1 Å². The number of amides is 1. The molecule has 0 aliphatic carbocycles. The van der Waals surface area contributed by atoms with Crippen molar-refractivity contribution in [2.45, 2.75) is 17.7 Å². The molecule has 0 saturated carbocycles. The number of ether oxygens (including phenoxy) is 2. The largest absolute Gasteiger partial charge is 0.495 e. The highest BCUT2D eigenvalue weighted by Gasteiger charge is 2.26. The lowest BCUT2D eigenvalue weighted by Crippen LogP contribution is -2.42. The maximum absolute atomic E-state index is 13.5. The van der Waals surface area contributed by atoms with Crippen LogP contribution in [0, 0.1) is 11.7 Å². The molecule has 7 nitrogen and oxygen atoms in total. The molecule has 0 spiro atoms. The summed E-state index contributed by atoms with van der Waals surface area (Å²) in [4.78, 5) is 13.6. The van der Waals surface area contributed by atoms with Gasteiger partial charge in [0, 0.05) is 19.6 Å². The van der Waals surface area contributed by atoms with Crippen molar-refractivity contribution in [3.63, 3.8) is 0 Å². The molecule has 0 aromatic heterocycles. The molecule has 9 heteroatoms. The lowest BCUT2D eigenvalue weighted by molar-refractivity contribution is 0.131. The zero-order valence-electron chi connectivity index (χ0n) is 16.0. The van der Waals surface area contributed by atoms with E-state index in [1.54, 1.807) is 29.2 Å². The number of benzene rings is 2. The van der Waals surface area contributed by atoms with Crippen LogP contribution in [-0.2, 0) is 10.0 Å². The average Bonchev–Trinajstić information content (AvgIpc) is 2.73. The Morgan fingerprint density at radius 1 is 1.17 bits per heavy atom. The molecule has 156 valence electrons. The minimum absolute atomic E-state index is 0.0603. The molecule has 2 aromatic rings. The molecule has 0 atom stereocenters. The van der Waals surface area contributed by atoms with E-state index >= 15 is 0 Å². The molecule has 29 heavy (non-hydrogen) atoms. The van der Waals surface area contributed by atoms with E-state index in [9.17, 15) is 17.6 Å². The third kappa shape index (κ3) is 5.45. The maximum Gasteiger partial charge on any atom is 0.415 e. The van der Waals surface area contributed by atoms with Gasteiger partial charge in [-0.2, -0.15) is 0 Å². The number of halogens is 1. The van der Waals surface area contributed by atoms with Crippen LogP contribution in [0.1, 0.15) is 12.8 Å². The molecule has 0 radical (unpaired) electrons. The lowest BCUT2D eigenvalue weighted by atomic mass is 9.97. The normalized spacial score (nSPS) is 15.2. The van der Waals surface area contributed by atoms with Crippen molar-refractivity contribution in [1.82, 2.24) is 9.62 Å². The summed E-state index contributed by atoms with van der Waals surface area (Å²) >= 11 is 0. The highest BCUT2D eigenvalue weighted by Crippen LogP contribution is 2.25. The molecule has 3 rings (SSSR count). The fraction of sp³-hybridized carbons (Fsp3) is 0.350. The summed E-state index contributed by atoms with van der Waals surface area (Å²) in [7, 11) is -2.59. The predicted octanol–water partition coefficient (Wildman–Crippen LogP) is 3.02. The number of carbonyl (C=O) groups is 1. The van der Waals surface area contributed by atoms with Crippen molar-refractivity contribution in [2.75, 3.05) is 26.7 Å². The lowest BCUT2D eigenvalue weighted by Gasteiger charge is -2.31. The predicted molar refractivity (Wildman–Crippen MR) is 105 cm³/mol. The van der Waals surface area contributed by atoms with Gasteiger partial charge in [0.05, 0.1) is 7.11 Å². The summed E-state index contributed by atoms with van der Waals surface area (Å²) in [5, 5.41) is 0. The first-order valence-electron chi connectivity index (χ1n) is 9.24. The maximum atomic E-state index is 13.5. The van der Waals surface area contributed by atoms with E-state index in [1.807, 2.05) is 6.07 Å². The Balaban J connectivity index is 1.52. The number of hydrogen-bond donors (Lipinski definition) is 1. The summed E-state index contributed by atoms with van der Waals surface area (Å²) in [5.74, 6) is -0.0321. The number of carbonyl (C=O) groups excluding carboxylic acids is 1. The number of para-hydroxylation sites is 1. The zero-order valence-corrected chi connectivity index (χ0v) is 16.8. The van der Waals surface area contributed by atoms with Crippen LogP contribution in [0.2, 0.25) is 0 Å². The van der Waals surface area contributed by atoms with Crippen LogP contribution in [0.25, 0.3) is 0 Å². The van der Waals surface area contributed by atoms with Gasteiger partial charge < -0.3 is 14.4 Å². The van der Waals surface area contributed by atoms with Gasteiger partial charge in [-0.05, 0) is 49.1 Å². The van der Waals surface area contributed by atoms with E-state index in [1.165, 1.54) is 13.2 Å². The molecule has 0 bridgehead atoms. The van der Waals surface area contributed by atoms with Gasteiger partial charge in [-0.25, -0.2) is 22.3 Å². The topological polar surface area (TPSA) is 84.9 Å². The number of hydrogen-bond acceptors (Lipinski definition) is 5. The molecule has 1 aliphatic rings. The van der Waals surface area contributed by atoms with E-state index in [0.29, 0.717) is 31.7 Å². The highest BCUT2D eigenvalue weighted by molar-refractivity contribution is 7.89. The van der Waals surface area contributed by atoms with Crippen LogP contribution in [-0.4, -0.2) is 46.2 Å². The van der Waals surface area contributed by atoms with Gasteiger partial charge in [0.25, 0.3) is 0 Å². The van der Waals surface area contributed by atoms with E-state index in [0.717, 1.165) is 12.1 Å². The Morgan fingerprint density at radius 3 is 2.52 bits per heavy atom. The molecule has 0 unspecified atom stereocenters. The molecule has 1 fully saturated rings. The van der Waals surface area contributed by atoms with Crippen LogP contribution < -0.4 is 14.2 Å². The average molecular weight is 422 g/mol. The standard InChI is InChI=1S/C20H23FN2O5S/c1-27-18-8-7-16(21)13-19(18)29(25,26)22-14-15-9-11-23(12-10-15)20(24)28-17-5-3-2-4-6-17/h2-8,13,15,22H,9-12,14H2,1H3. The van der Waals surface area contributed by atoms with Crippen molar-refractivity contribution in [2.24, 2.45) is 5.92 Å². The molecular formula is C20H23FN2O5S.